The molecule has 0 radical (unpaired) electrons. The van der Waals surface area contributed by atoms with Crippen LogP contribution in [0.2, 0.25) is 5.02 Å². The molecule has 0 unspecified atom stereocenters. The first-order valence-corrected chi connectivity index (χ1v) is 9.59. The van der Waals surface area contributed by atoms with Crippen LogP contribution in [0.4, 0.5) is 0 Å². The van der Waals surface area contributed by atoms with Crippen LogP contribution in [0, 0.1) is 5.92 Å². The average Bonchev–Trinajstić information content (AvgIpc) is 3.02. The lowest BCUT2D eigenvalue weighted by Crippen LogP contribution is -2.32. The highest BCUT2D eigenvalue weighted by atomic mass is 35.5. The molecule has 2 aromatic rings. The number of aromatic nitrogens is 2. The molecule has 9 heteroatoms. The average molecular weight is 372 g/mol. The molecule has 0 spiro atoms. The molecule has 7 nitrogen and oxygen atoms in total. The standard InChI is InChI=1S/C15H18ClN3O4S/c1-4-9(2)12(14-18-19-15(23-14)24(3,21)22)17-13(20)10-5-7-11(16)8-6-10/h5-9,12H,4H2,1-3H3,(H,17,20)/t9-,12+/m1/s1. The molecule has 24 heavy (non-hydrogen) atoms. The third kappa shape index (κ3) is 4.33. The van der Waals surface area contributed by atoms with Gasteiger partial charge in [0.15, 0.2) is 0 Å². The maximum Gasteiger partial charge on any atom is 0.335 e. The maximum absolute atomic E-state index is 12.4. The fourth-order valence-electron chi connectivity index (χ4n) is 2.00. The number of carbonyl (C=O) groups excluding carboxylic acids is 1. The first kappa shape index (κ1) is 18.4. The molecular weight excluding hydrogens is 354 g/mol. The van der Waals surface area contributed by atoms with Gasteiger partial charge < -0.3 is 9.73 Å². The van der Waals surface area contributed by atoms with Crippen molar-refractivity contribution in [2.24, 2.45) is 5.92 Å². The molecule has 0 saturated heterocycles. The third-order valence-corrected chi connectivity index (χ3v) is 4.66. The zero-order valence-electron chi connectivity index (χ0n) is 13.5. The van der Waals surface area contributed by atoms with Crippen molar-refractivity contribution in [1.82, 2.24) is 15.5 Å². The number of halogens is 1. The van der Waals surface area contributed by atoms with Crippen LogP contribution < -0.4 is 5.32 Å². The van der Waals surface area contributed by atoms with Crippen LogP contribution >= 0.6 is 11.6 Å². The van der Waals surface area contributed by atoms with E-state index in [1.165, 1.54) is 0 Å². The number of amides is 1. The van der Waals surface area contributed by atoms with Crippen molar-refractivity contribution in [2.45, 2.75) is 31.5 Å². The van der Waals surface area contributed by atoms with Crippen LogP contribution in [0.3, 0.4) is 0 Å². The summed E-state index contributed by atoms with van der Waals surface area (Å²) in [7, 11) is -3.60. The smallest absolute Gasteiger partial charge is 0.335 e. The summed E-state index contributed by atoms with van der Waals surface area (Å²) in [5.74, 6) is -0.308. The minimum absolute atomic E-state index is 0.0332. The minimum Gasteiger partial charge on any atom is -0.410 e. The Hall–Kier alpha value is -1.93. The van der Waals surface area contributed by atoms with E-state index in [4.69, 9.17) is 16.0 Å². The van der Waals surface area contributed by atoms with Gasteiger partial charge in [-0.15, -0.1) is 5.10 Å². The van der Waals surface area contributed by atoms with E-state index in [1.54, 1.807) is 24.3 Å². The summed E-state index contributed by atoms with van der Waals surface area (Å²) in [5.41, 5.74) is 0.426. The van der Waals surface area contributed by atoms with E-state index in [2.05, 4.69) is 15.5 Å². The number of hydrogen-bond donors (Lipinski definition) is 1. The van der Waals surface area contributed by atoms with Crippen molar-refractivity contribution >= 4 is 27.3 Å². The van der Waals surface area contributed by atoms with Gasteiger partial charge in [0, 0.05) is 16.8 Å². The topological polar surface area (TPSA) is 102 Å². The number of hydrogen-bond acceptors (Lipinski definition) is 6. The second-order valence-corrected chi connectivity index (χ2v) is 7.85. The van der Waals surface area contributed by atoms with E-state index in [0.29, 0.717) is 10.6 Å². The molecule has 1 aromatic heterocycles. The van der Waals surface area contributed by atoms with Crippen LogP contribution in [0.15, 0.2) is 33.9 Å². The summed E-state index contributed by atoms with van der Waals surface area (Å²) in [5, 5.41) is 10.2. The SMILES string of the molecule is CC[C@@H](C)[C@H](NC(=O)c1ccc(Cl)cc1)c1nnc(S(C)(=O)=O)o1. The van der Waals surface area contributed by atoms with E-state index >= 15 is 0 Å². The van der Waals surface area contributed by atoms with E-state index in [9.17, 15) is 13.2 Å². The Balaban J connectivity index is 2.27. The van der Waals surface area contributed by atoms with Crippen molar-refractivity contribution in [3.05, 3.63) is 40.7 Å². The Morgan fingerprint density at radius 3 is 2.42 bits per heavy atom. The predicted octanol–water partition coefficient (Wildman–Crippen LogP) is 2.64. The third-order valence-electron chi connectivity index (χ3n) is 3.61. The molecule has 0 saturated carbocycles. The summed E-state index contributed by atoms with van der Waals surface area (Å²) in [6, 6.07) is 5.83. The number of nitrogens with one attached hydrogen (secondary N) is 1. The normalized spacial score (nSPS) is 14.2. The fraction of sp³-hybridized carbons (Fsp3) is 0.400. The van der Waals surface area contributed by atoms with Crippen molar-refractivity contribution < 1.29 is 17.6 Å². The summed E-state index contributed by atoms with van der Waals surface area (Å²) in [4.78, 5) is 12.4. The maximum atomic E-state index is 12.4. The molecule has 2 atom stereocenters. The zero-order valence-corrected chi connectivity index (χ0v) is 15.1. The number of carbonyl (C=O) groups is 1. The van der Waals surface area contributed by atoms with Crippen molar-refractivity contribution in [3.8, 4) is 0 Å². The molecule has 2 rings (SSSR count). The van der Waals surface area contributed by atoms with Crippen molar-refractivity contribution in [1.29, 1.82) is 0 Å². The monoisotopic (exact) mass is 371 g/mol. The Kier molecular flexibility index (Phi) is 5.61. The lowest BCUT2D eigenvalue weighted by atomic mass is 9.98. The first-order chi connectivity index (χ1) is 11.2. The lowest BCUT2D eigenvalue weighted by molar-refractivity contribution is 0.0911. The predicted molar refractivity (Wildman–Crippen MR) is 88.5 cm³/mol. The van der Waals surface area contributed by atoms with Gasteiger partial charge in [-0.2, -0.15) is 0 Å². The van der Waals surface area contributed by atoms with Gasteiger partial charge in [0.25, 0.3) is 5.91 Å². The fourth-order valence-corrected chi connectivity index (χ4v) is 2.56. The summed E-state index contributed by atoms with van der Waals surface area (Å²) in [6.07, 6.45) is 1.71. The van der Waals surface area contributed by atoms with Crippen molar-refractivity contribution in [3.63, 3.8) is 0 Å². The second kappa shape index (κ2) is 7.31. The van der Waals surface area contributed by atoms with Crippen LogP contribution in [-0.2, 0) is 9.84 Å². The van der Waals surface area contributed by atoms with Crippen LogP contribution in [-0.4, -0.2) is 30.8 Å². The highest BCUT2D eigenvalue weighted by Crippen LogP contribution is 2.25. The zero-order chi connectivity index (χ0) is 17.9. The first-order valence-electron chi connectivity index (χ1n) is 7.32. The van der Waals surface area contributed by atoms with Crippen LogP contribution in [0.1, 0.15) is 42.6 Å². The summed E-state index contributed by atoms with van der Waals surface area (Å²) >= 11 is 5.81. The summed E-state index contributed by atoms with van der Waals surface area (Å²) in [6.45, 7) is 3.84. The molecule has 130 valence electrons. The molecule has 1 aromatic carbocycles. The van der Waals surface area contributed by atoms with Gasteiger partial charge in [0.1, 0.15) is 6.04 Å². The Morgan fingerprint density at radius 1 is 1.29 bits per heavy atom. The van der Waals surface area contributed by atoms with Gasteiger partial charge in [-0.05, 0) is 30.2 Å². The van der Waals surface area contributed by atoms with Gasteiger partial charge in [0.05, 0.1) is 0 Å². The number of nitrogens with zero attached hydrogens (tertiary/aromatic N) is 2. The van der Waals surface area contributed by atoms with E-state index in [-0.39, 0.29) is 17.7 Å². The van der Waals surface area contributed by atoms with Crippen LogP contribution in [0.5, 0.6) is 0 Å². The number of sulfone groups is 1. The lowest BCUT2D eigenvalue weighted by Gasteiger charge is -2.21. The molecular formula is C15H18ClN3O4S. The van der Waals surface area contributed by atoms with Gasteiger partial charge in [-0.3, -0.25) is 4.79 Å². The largest absolute Gasteiger partial charge is 0.410 e. The van der Waals surface area contributed by atoms with E-state index in [1.807, 2.05) is 13.8 Å². The molecule has 1 N–H and O–H groups in total. The number of rotatable bonds is 6. The molecule has 0 bridgehead atoms. The molecule has 1 amide bonds. The van der Waals surface area contributed by atoms with E-state index < -0.39 is 21.1 Å². The Morgan fingerprint density at radius 2 is 1.92 bits per heavy atom. The highest BCUT2D eigenvalue weighted by molar-refractivity contribution is 7.90. The Labute approximate surface area is 145 Å². The summed E-state index contributed by atoms with van der Waals surface area (Å²) < 4.78 is 28.2. The van der Waals surface area contributed by atoms with Gasteiger partial charge in [0.2, 0.25) is 15.7 Å². The van der Waals surface area contributed by atoms with Gasteiger partial charge in [-0.25, -0.2) is 8.42 Å². The molecule has 1 heterocycles. The second-order valence-electron chi connectivity index (χ2n) is 5.52. The van der Waals surface area contributed by atoms with Gasteiger partial charge >= 0.3 is 5.22 Å². The molecule has 0 aliphatic rings. The van der Waals surface area contributed by atoms with Crippen molar-refractivity contribution in [2.75, 3.05) is 6.26 Å². The van der Waals surface area contributed by atoms with Gasteiger partial charge in [-0.1, -0.05) is 37.0 Å². The highest BCUT2D eigenvalue weighted by Gasteiger charge is 2.28. The molecule has 0 aliphatic carbocycles. The minimum atomic E-state index is -3.60. The quantitative estimate of drug-likeness (QED) is 0.837. The molecule has 0 fully saturated rings. The molecule has 0 aliphatic heterocycles. The van der Waals surface area contributed by atoms with Crippen LogP contribution in [0.25, 0.3) is 0 Å². The van der Waals surface area contributed by atoms with E-state index in [0.717, 1.165) is 12.7 Å². The Bertz CT molecular complexity index is 817. The number of benzene rings is 1.